The fraction of sp³-hybridized carbons (Fsp3) is 0.615. The van der Waals surface area contributed by atoms with Crippen LogP contribution in [-0.4, -0.2) is 67.7 Å². The Bertz CT molecular complexity index is 835. The second kappa shape index (κ2) is 11.7. The highest BCUT2D eigenvalue weighted by Crippen LogP contribution is 2.28. The standard InChI is InChI=1S/C26H38N4O3/c1-2-33-25(31)23-22(27-26(32)28-24(23)21-12-7-4-8-13-21)19-30-15-9-14-29(16-17-30)18-20-10-5-3-6-11-20/h4,7-8,12-13,20,24H,2-3,5-6,9-11,14-19H2,1H3,(H2,27,28,32). The summed E-state index contributed by atoms with van der Waals surface area (Å²) in [7, 11) is 0. The minimum Gasteiger partial charge on any atom is -0.463 e. The van der Waals surface area contributed by atoms with Crippen molar-refractivity contribution in [2.45, 2.75) is 51.5 Å². The Kier molecular flexibility index (Phi) is 8.40. The van der Waals surface area contributed by atoms with Crippen LogP contribution in [0.25, 0.3) is 0 Å². The molecule has 0 aromatic heterocycles. The van der Waals surface area contributed by atoms with Gasteiger partial charge in [-0.05, 0) is 50.8 Å². The molecule has 0 spiro atoms. The maximum absolute atomic E-state index is 13.0. The second-order valence-electron chi connectivity index (χ2n) is 9.49. The fourth-order valence-electron chi connectivity index (χ4n) is 5.41. The summed E-state index contributed by atoms with van der Waals surface area (Å²) in [6.45, 7) is 7.91. The molecule has 1 aromatic carbocycles. The van der Waals surface area contributed by atoms with Crippen molar-refractivity contribution < 1.29 is 14.3 Å². The van der Waals surface area contributed by atoms with Crippen molar-refractivity contribution in [2.24, 2.45) is 5.92 Å². The molecule has 1 saturated carbocycles. The average molecular weight is 455 g/mol. The van der Waals surface area contributed by atoms with Crippen LogP contribution >= 0.6 is 0 Å². The van der Waals surface area contributed by atoms with Crippen LogP contribution in [0.4, 0.5) is 4.79 Å². The number of hydrogen-bond donors (Lipinski definition) is 2. The Hall–Kier alpha value is -2.38. The van der Waals surface area contributed by atoms with Gasteiger partial charge in [-0.1, -0.05) is 49.6 Å². The summed E-state index contributed by atoms with van der Waals surface area (Å²) >= 11 is 0. The molecular weight excluding hydrogens is 416 g/mol. The Morgan fingerprint density at radius 2 is 1.73 bits per heavy atom. The van der Waals surface area contributed by atoms with E-state index in [0.29, 0.717) is 24.4 Å². The highest BCUT2D eigenvalue weighted by Gasteiger charge is 2.34. The van der Waals surface area contributed by atoms with Crippen LogP contribution in [-0.2, 0) is 9.53 Å². The van der Waals surface area contributed by atoms with Crippen LogP contribution in [0.5, 0.6) is 0 Å². The van der Waals surface area contributed by atoms with Crippen LogP contribution in [0, 0.1) is 5.92 Å². The first-order valence-electron chi connectivity index (χ1n) is 12.6. The summed E-state index contributed by atoms with van der Waals surface area (Å²) in [4.78, 5) is 30.5. The lowest BCUT2D eigenvalue weighted by Crippen LogP contribution is -2.48. The SMILES string of the molecule is CCOC(=O)C1=C(CN2CCCN(CC3CCCCC3)CC2)NC(=O)NC1c1ccccc1. The zero-order valence-corrected chi connectivity index (χ0v) is 19.9. The molecule has 2 heterocycles. The van der Waals surface area contributed by atoms with Crippen LogP contribution in [0.2, 0.25) is 0 Å². The lowest BCUT2D eigenvalue weighted by molar-refractivity contribution is -0.139. The molecular formula is C26H38N4O3. The number of esters is 1. The van der Waals surface area contributed by atoms with Gasteiger partial charge in [-0.15, -0.1) is 0 Å². The normalized spacial score (nSPS) is 23.5. The van der Waals surface area contributed by atoms with E-state index in [1.807, 2.05) is 30.3 Å². The average Bonchev–Trinajstić information content (AvgIpc) is 3.05. The smallest absolute Gasteiger partial charge is 0.338 e. The number of urea groups is 1. The second-order valence-corrected chi connectivity index (χ2v) is 9.49. The highest BCUT2D eigenvalue weighted by atomic mass is 16.5. The van der Waals surface area contributed by atoms with E-state index >= 15 is 0 Å². The van der Waals surface area contributed by atoms with Gasteiger partial charge in [-0.2, -0.15) is 0 Å². The summed E-state index contributed by atoms with van der Waals surface area (Å²) in [5.74, 6) is 0.473. The Morgan fingerprint density at radius 3 is 2.48 bits per heavy atom. The molecule has 33 heavy (non-hydrogen) atoms. The van der Waals surface area contributed by atoms with E-state index in [2.05, 4.69) is 20.4 Å². The molecule has 7 heteroatoms. The zero-order valence-electron chi connectivity index (χ0n) is 19.9. The highest BCUT2D eigenvalue weighted by molar-refractivity contribution is 5.95. The monoisotopic (exact) mass is 454 g/mol. The van der Waals surface area contributed by atoms with Gasteiger partial charge in [0, 0.05) is 31.9 Å². The molecule has 3 aliphatic rings. The van der Waals surface area contributed by atoms with Crippen LogP contribution < -0.4 is 10.6 Å². The molecule has 1 atom stereocenters. The maximum Gasteiger partial charge on any atom is 0.338 e. The van der Waals surface area contributed by atoms with Gasteiger partial charge in [0.1, 0.15) is 0 Å². The van der Waals surface area contributed by atoms with Crippen molar-refractivity contribution in [3.05, 3.63) is 47.2 Å². The van der Waals surface area contributed by atoms with Crippen LogP contribution in [0.3, 0.4) is 0 Å². The van der Waals surface area contributed by atoms with Crippen molar-refractivity contribution in [1.29, 1.82) is 0 Å². The van der Waals surface area contributed by atoms with Gasteiger partial charge in [0.15, 0.2) is 0 Å². The predicted molar refractivity (Wildman–Crippen MR) is 129 cm³/mol. The number of carbonyl (C=O) groups excluding carboxylic acids is 2. The van der Waals surface area contributed by atoms with E-state index in [0.717, 1.165) is 44.1 Å². The molecule has 7 nitrogen and oxygen atoms in total. The molecule has 180 valence electrons. The molecule has 0 bridgehead atoms. The largest absolute Gasteiger partial charge is 0.463 e. The summed E-state index contributed by atoms with van der Waals surface area (Å²) in [6.07, 6.45) is 8.00. The fourth-order valence-corrected chi connectivity index (χ4v) is 5.41. The van der Waals surface area contributed by atoms with Gasteiger partial charge in [0.25, 0.3) is 0 Å². The summed E-state index contributed by atoms with van der Waals surface area (Å²) < 4.78 is 5.40. The molecule has 2 fully saturated rings. The third kappa shape index (κ3) is 6.36. The lowest BCUT2D eigenvalue weighted by Gasteiger charge is -2.32. The molecule has 0 radical (unpaired) electrons. The Balaban J connectivity index is 1.48. The Labute approximate surface area is 197 Å². The van der Waals surface area contributed by atoms with E-state index < -0.39 is 6.04 Å². The number of rotatable bonds is 7. The van der Waals surface area contributed by atoms with Crippen molar-refractivity contribution in [1.82, 2.24) is 20.4 Å². The third-order valence-corrected chi connectivity index (χ3v) is 7.09. The first-order valence-corrected chi connectivity index (χ1v) is 12.6. The minimum atomic E-state index is -0.510. The summed E-state index contributed by atoms with van der Waals surface area (Å²) in [5, 5.41) is 5.84. The molecule has 1 unspecified atom stereocenters. The van der Waals surface area contributed by atoms with E-state index in [9.17, 15) is 9.59 Å². The van der Waals surface area contributed by atoms with Crippen molar-refractivity contribution in [3.63, 3.8) is 0 Å². The van der Waals surface area contributed by atoms with Gasteiger partial charge in [-0.25, -0.2) is 9.59 Å². The molecule has 2 N–H and O–H groups in total. The van der Waals surface area contributed by atoms with E-state index in [1.165, 1.54) is 38.6 Å². The number of nitrogens with one attached hydrogen (secondary N) is 2. The topological polar surface area (TPSA) is 73.9 Å². The third-order valence-electron chi connectivity index (χ3n) is 7.09. The van der Waals surface area contributed by atoms with Gasteiger partial charge in [0.05, 0.1) is 18.2 Å². The van der Waals surface area contributed by atoms with Crippen LogP contribution in [0.1, 0.15) is 57.1 Å². The van der Waals surface area contributed by atoms with E-state index in [1.54, 1.807) is 6.92 Å². The maximum atomic E-state index is 13.0. The molecule has 1 saturated heterocycles. The van der Waals surface area contributed by atoms with Crippen molar-refractivity contribution in [3.8, 4) is 0 Å². The summed E-state index contributed by atoms with van der Waals surface area (Å²) in [6, 6.07) is 8.84. The summed E-state index contributed by atoms with van der Waals surface area (Å²) in [5.41, 5.74) is 2.04. The first kappa shape index (κ1) is 23.8. The molecule has 2 aliphatic heterocycles. The van der Waals surface area contributed by atoms with Crippen molar-refractivity contribution >= 4 is 12.0 Å². The van der Waals surface area contributed by atoms with E-state index in [4.69, 9.17) is 4.74 Å². The number of nitrogens with zero attached hydrogens (tertiary/aromatic N) is 2. The lowest BCUT2D eigenvalue weighted by atomic mass is 9.89. The number of ether oxygens (including phenoxy) is 1. The van der Waals surface area contributed by atoms with Crippen molar-refractivity contribution in [2.75, 3.05) is 45.9 Å². The Morgan fingerprint density at radius 1 is 1.00 bits per heavy atom. The van der Waals surface area contributed by atoms with E-state index in [-0.39, 0.29) is 12.0 Å². The van der Waals surface area contributed by atoms with Gasteiger partial charge in [0.2, 0.25) is 0 Å². The molecule has 1 aromatic rings. The molecule has 4 rings (SSSR count). The number of hydrogen-bond acceptors (Lipinski definition) is 5. The molecule has 2 amide bonds. The number of benzene rings is 1. The molecule has 1 aliphatic carbocycles. The number of carbonyl (C=O) groups is 2. The quantitative estimate of drug-likeness (QED) is 0.618. The minimum absolute atomic E-state index is 0.277. The van der Waals surface area contributed by atoms with Crippen LogP contribution in [0.15, 0.2) is 41.6 Å². The number of amides is 2. The van der Waals surface area contributed by atoms with Gasteiger partial charge in [-0.3, -0.25) is 4.90 Å². The predicted octanol–water partition coefficient (Wildman–Crippen LogP) is 3.45. The van der Waals surface area contributed by atoms with Gasteiger partial charge >= 0.3 is 12.0 Å². The first-order chi connectivity index (χ1) is 16.1. The zero-order chi connectivity index (χ0) is 23.0. The van der Waals surface area contributed by atoms with Gasteiger partial charge < -0.3 is 20.3 Å².